The zero-order valence-corrected chi connectivity index (χ0v) is 14.6. The van der Waals surface area contributed by atoms with Crippen LogP contribution in [0.3, 0.4) is 0 Å². The molecule has 0 atom stereocenters. The maximum absolute atomic E-state index is 12.3. The number of phenols is 3. The number of hydrogen-bond acceptors (Lipinski definition) is 7. The highest BCUT2D eigenvalue weighted by Crippen LogP contribution is 2.40. The van der Waals surface area contributed by atoms with Crippen LogP contribution in [0.25, 0.3) is 22.3 Å². The van der Waals surface area contributed by atoms with E-state index in [0.717, 1.165) is 12.1 Å². The predicted octanol–water partition coefficient (Wildman–Crippen LogP) is 3.03. The molecule has 0 aliphatic heterocycles. The van der Waals surface area contributed by atoms with Crippen LogP contribution in [-0.4, -0.2) is 39.9 Å². The minimum absolute atomic E-state index is 0.0784. The number of nitrogens with zero attached hydrogens (tertiary/aromatic N) is 1. The molecule has 1 amide bonds. The molecular formula is C19H17NO7. The van der Waals surface area contributed by atoms with Crippen molar-refractivity contribution < 1.29 is 29.3 Å². The van der Waals surface area contributed by atoms with E-state index in [1.165, 1.54) is 4.90 Å². The molecule has 2 aromatic carbocycles. The average molecular weight is 371 g/mol. The van der Waals surface area contributed by atoms with Crippen molar-refractivity contribution in [1.82, 2.24) is 4.90 Å². The van der Waals surface area contributed by atoms with E-state index in [0.29, 0.717) is 17.9 Å². The number of amides is 1. The smallest absolute Gasteiger partial charge is 0.414 e. The summed E-state index contributed by atoms with van der Waals surface area (Å²) in [4.78, 5) is 25.5. The van der Waals surface area contributed by atoms with Crippen molar-refractivity contribution in [3.05, 3.63) is 46.6 Å². The molecular weight excluding hydrogens is 354 g/mol. The molecule has 0 saturated heterocycles. The normalized spacial score (nSPS) is 10.7. The third-order valence-corrected chi connectivity index (χ3v) is 4.08. The van der Waals surface area contributed by atoms with Crippen molar-refractivity contribution >= 4 is 17.1 Å². The molecule has 0 radical (unpaired) electrons. The zero-order valence-electron chi connectivity index (χ0n) is 14.6. The summed E-state index contributed by atoms with van der Waals surface area (Å²) in [6, 6.07) is 8.49. The predicted molar refractivity (Wildman–Crippen MR) is 97.2 cm³/mol. The quantitative estimate of drug-likeness (QED) is 0.605. The highest BCUT2D eigenvalue weighted by Gasteiger charge is 2.17. The maximum Gasteiger partial charge on any atom is 0.414 e. The number of phenolic OH excluding ortho intramolecular Hbond substituents is 3. The van der Waals surface area contributed by atoms with Crippen LogP contribution in [0.1, 0.15) is 6.92 Å². The number of carbonyl (C=O) groups excluding carboxylic acids is 1. The second-order valence-corrected chi connectivity index (χ2v) is 5.85. The lowest BCUT2D eigenvalue weighted by Gasteiger charge is -2.14. The Morgan fingerprint density at radius 2 is 1.78 bits per heavy atom. The largest absolute Gasteiger partial charge is 0.504 e. The van der Waals surface area contributed by atoms with Gasteiger partial charge in [-0.15, -0.1) is 0 Å². The molecule has 0 saturated carbocycles. The highest BCUT2D eigenvalue weighted by atomic mass is 16.6. The number of fused-ring (bicyclic) bond motifs is 1. The molecule has 8 nitrogen and oxygen atoms in total. The molecule has 140 valence electrons. The summed E-state index contributed by atoms with van der Waals surface area (Å²) in [6.07, 6.45) is -0.492. The number of rotatable bonds is 3. The molecule has 3 N–H and O–H groups in total. The molecule has 0 aliphatic carbocycles. The fourth-order valence-corrected chi connectivity index (χ4v) is 2.42. The first-order valence-corrected chi connectivity index (χ1v) is 8.07. The van der Waals surface area contributed by atoms with Crippen LogP contribution in [0, 0.1) is 0 Å². The number of carbonyl (C=O) groups is 1. The van der Waals surface area contributed by atoms with Gasteiger partial charge in [0.1, 0.15) is 22.5 Å². The Hall–Kier alpha value is -3.68. The molecule has 0 bridgehead atoms. The van der Waals surface area contributed by atoms with E-state index in [4.69, 9.17) is 9.15 Å². The molecule has 0 unspecified atom stereocenters. The van der Waals surface area contributed by atoms with Crippen molar-refractivity contribution in [3.8, 4) is 34.3 Å². The van der Waals surface area contributed by atoms with Gasteiger partial charge < -0.3 is 29.4 Å². The zero-order chi connectivity index (χ0) is 19.7. The van der Waals surface area contributed by atoms with E-state index in [9.17, 15) is 24.9 Å². The maximum atomic E-state index is 12.3. The van der Waals surface area contributed by atoms with Crippen LogP contribution >= 0.6 is 0 Å². The van der Waals surface area contributed by atoms with Gasteiger partial charge in [0, 0.05) is 31.3 Å². The van der Waals surface area contributed by atoms with Crippen LogP contribution in [0.15, 0.2) is 45.6 Å². The monoisotopic (exact) mass is 371 g/mol. The van der Waals surface area contributed by atoms with Gasteiger partial charge in [-0.1, -0.05) is 0 Å². The number of hydrogen-bond donors (Lipinski definition) is 3. The molecule has 1 heterocycles. The van der Waals surface area contributed by atoms with Crippen LogP contribution in [0.5, 0.6) is 23.0 Å². The van der Waals surface area contributed by atoms with Gasteiger partial charge in [-0.25, -0.2) is 4.79 Å². The summed E-state index contributed by atoms with van der Waals surface area (Å²) in [5.74, 6) is -1.63. The summed E-state index contributed by atoms with van der Waals surface area (Å²) in [5, 5.41) is 28.8. The lowest BCUT2D eigenvalue weighted by atomic mass is 10.1. The first kappa shape index (κ1) is 18.1. The molecule has 3 aromatic rings. The molecule has 27 heavy (non-hydrogen) atoms. The summed E-state index contributed by atoms with van der Waals surface area (Å²) in [5.41, 5.74) is -0.144. The van der Waals surface area contributed by atoms with Crippen LogP contribution in [0.4, 0.5) is 4.79 Å². The third-order valence-electron chi connectivity index (χ3n) is 4.08. The van der Waals surface area contributed by atoms with Gasteiger partial charge >= 0.3 is 6.09 Å². The van der Waals surface area contributed by atoms with Gasteiger partial charge in [-0.2, -0.15) is 0 Å². The average Bonchev–Trinajstić information content (AvgIpc) is 2.65. The minimum atomic E-state index is -0.786. The van der Waals surface area contributed by atoms with Gasteiger partial charge in [0.05, 0.1) is 0 Å². The van der Waals surface area contributed by atoms with E-state index in [-0.39, 0.29) is 16.7 Å². The van der Waals surface area contributed by atoms with Crippen molar-refractivity contribution in [2.24, 2.45) is 0 Å². The Balaban J connectivity index is 1.97. The Morgan fingerprint density at radius 3 is 2.41 bits per heavy atom. The van der Waals surface area contributed by atoms with Gasteiger partial charge in [0.15, 0.2) is 16.9 Å². The molecule has 3 rings (SSSR count). The number of aromatic hydroxyl groups is 3. The third kappa shape index (κ3) is 3.37. The summed E-state index contributed by atoms with van der Waals surface area (Å²) < 4.78 is 10.8. The van der Waals surface area contributed by atoms with Crippen molar-refractivity contribution in [1.29, 1.82) is 0 Å². The van der Waals surface area contributed by atoms with E-state index in [2.05, 4.69) is 0 Å². The topological polar surface area (TPSA) is 120 Å². The van der Waals surface area contributed by atoms with Crippen molar-refractivity contribution in [2.75, 3.05) is 13.6 Å². The van der Waals surface area contributed by atoms with E-state index in [1.807, 2.05) is 6.92 Å². The van der Waals surface area contributed by atoms with Crippen LogP contribution in [-0.2, 0) is 0 Å². The molecule has 0 fully saturated rings. The Bertz CT molecular complexity index is 1070. The number of benzene rings is 2. The second kappa shape index (κ2) is 6.91. The Kier molecular flexibility index (Phi) is 4.64. The van der Waals surface area contributed by atoms with E-state index < -0.39 is 28.8 Å². The highest BCUT2D eigenvalue weighted by molar-refractivity contribution is 5.89. The van der Waals surface area contributed by atoms with Gasteiger partial charge in [0.2, 0.25) is 5.75 Å². The summed E-state index contributed by atoms with van der Waals surface area (Å²) >= 11 is 0. The fraction of sp³-hybridized carbons (Fsp3) is 0.158. The Labute approximate surface area is 153 Å². The van der Waals surface area contributed by atoms with Crippen molar-refractivity contribution in [2.45, 2.75) is 6.92 Å². The SMILES string of the molecule is CCN(C)C(=O)Oc1ccc(-c2cc(=O)c3c(O)c(O)c(O)cc3o2)cc1. The summed E-state index contributed by atoms with van der Waals surface area (Å²) in [7, 11) is 1.61. The van der Waals surface area contributed by atoms with Crippen LogP contribution < -0.4 is 10.2 Å². The number of ether oxygens (including phenoxy) is 1. The molecule has 1 aromatic heterocycles. The summed E-state index contributed by atoms with van der Waals surface area (Å²) in [6.45, 7) is 2.33. The minimum Gasteiger partial charge on any atom is -0.504 e. The van der Waals surface area contributed by atoms with E-state index >= 15 is 0 Å². The Morgan fingerprint density at radius 1 is 1.11 bits per heavy atom. The standard InChI is InChI=1S/C19H17NO7/c1-3-20(2)19(25)26-11-6-4-10(5-7-11)14-8-12(21)16-15(27-14)9-13(22)17(23)18(16)24/h4-9,22-24H,3H2,1-2H3. The van der Waals surface area contributed by atoms with Gasteiger partial charge in [0.25, 0.3) is 0 Å². The lowest BCUT2D eigenvalue weighted by molar-refractivity contribution is 0.165. The van der Waals surface area contributed by atoms with Gasteiger partial charge in [-0.05, 0) is 31.2 Å². The fourth-order valence-electron chi connectivity index (χ4n) is 2.42. The van der Waals surface area contributed by atoms with E-state index in [1.54, 1.807) is 31.3 Å². The first-order chi connectivity index (χ1) is 12.8. The second-order valence-electron chi connectivity index (χ2n) is 5.85. The molecule has 0 spiro atoms. The molecule has 0 aliphatic rings. The lowest BCUT2D eigenvalue weighted by Crippen LogP contribution is -2.29. The van der Waals surface area contributed by atoms with Crippen LogP contribution in [0.2, 0.25) is 0 Å². The van der Waals surface area contributed by atoms with Crippen molar-refractivity contribution in [3.63, 3.8) is 0 Å². The first-order valence-electron chi connectivity index (χ1n) is 8.07. The van der Waals surface area contributed by atoms with Gasteiger partial charge in [-0.3, -0.25) is 4.79 Å². The molecule has 8 heteroatoms.